The summed E-state index contributed by atoms with van der Waals surface area (Å²) in [5, 5.41) is 0. The highest BCUT2D eigenvalue weighted by Crippen LogP contribution is 2.43. The normalized spacial score (nSPS) is 26.7. The Morgan fingerprint density at radius 3 is 1.97 bits per heavy atom. The Kier molecular flexibility index (Phi) is 10.00. The largest absolute Gasteiger partial charge is 0.466 e. The van der Waals surface area contributed by atoms with Gasteiger partial charge < -0.3 is 4.74 Å². The molecule has 5 heteroatoms. The molecule has 0 N–H and O–H groups in total. The van der Waals surface area contributed by atoms with E-state index >= 15 is 8.78 Å². The number of nitrogens with zero attached hydrogens (tertiary/aromatic N) is 1. The van der Waals surface area contributed by atoms with Crippen LogP contribution < -0.4 is 0 Å². The minimum Gasteiger partial charge on any atom is -0.466 e. The van der Waals surface area contributed by atoms with Gasteiger partial charge in [0.2, 0.25) is 0 Å². The summed E-state index contributed by atoms with van der Waals surface area (Å²) in [5.74, 6) is 0.201. The number of hydrogen-bond donors (Lipinski definition) is 0. The summed E-state index contributed by atoms with van der Waals surface area (Å²) in [6, 6.07) is 4.39. The van der Waals surface area contributed by atoms with Gasteiger partial charge in [0.1, 0.15) is 11.6 Å². The monoisotopic (exact) mass is 489 g/mol. The van der Waals surface area contributed by atoms with Crippen LogP contribution in [0, 0.1) is 29.4 Å². The van der Waals surface area contributed by atoms with Crippen LogP contribution in [0.3, 0.4) is 0 Å². The first-order valence-corrected chi connectivity index (χ1v) is 14.4. The van der Waals surface area contributed by atoms with Gasteiger partial charge in [-0.05, 0) is 81.8 Å². The van der Waals surface area contributed by atoms with E-state index in [2.05, 4.69) is 4.90 Å². The first kappa shape index (κ1) is 26.6. The highest BCUT2D eigenvalue weighted by atomic mass is 19.1. The average molecular weight is 490 g/mol. The van der Waals surface area contributed by atoms with Gasteiger partial charge in [0.05, 0.1) is 6.61 Å². The molecule has 3 aliphatic carbocycles. The summed E-state index contributed by atoms with van der Waals surface area (Å²) in [6.45, 7) is 4.30. The van der Waals surface area contributed by atoms with E-state index in [1.165, 1.54) is 82.4 Å². The molecule has 3 atom stereocenters. The molecule has 0 amide bonds. The minimum absolute atomic E-state index is 0.112. The highest BCUT2D eigenvalue weighted by molar-refractivity contribution is 5.69. The van der Waals surface area contributed by atoms with Gasteiger partial charge in [-0.3, -0.25) is 9.69 Å². The van der Waals surface area contributed by atoms with E-state index in [1.807, 2.05) is 6.92 Å². The quantitative estimate of drug-likeness (QED) is 0.334. The van der Waals surface area contributed by atoms with Crippen LogP contribution in [0.5, 0.6) is 0 Å². The molecule has 0 saturated heterocycles. The smallest absolute Gasteiger partial charge is 0.306 e. The summed E-state index contributed by atoms with van der Waals surface area (Å²) in [6.07, 6.45) is 15.8. The van der Waals surface area contributed by atoms with E-state index < -0.39 is 11.6 Å². The summed E-state index contributed by atoms with van der Waals surface area (Å²) in [5.41, 5.74) is 0.239. The van der Waals surface area contributed by atoms with Crippen LogP contribution in [0.4, 0.5) is 8.78 Å². The molecule has 4 rings (SSSR count). The lowest BCUT2D eigenvalue weighted by atomic mass is 9.72. The van der Waals surface area contributed by atoms with Crippen molar-refractivity contribution in [2.24, 2.45) is 17.8 Å². The fraction of sp³-hybridized carbons (Fsp3) is 0.767. The molecular formula is C30H45F2NO2. The Bertz CT molecular complexity index is 763. The second-order valence-electron chi connectivity index (χ2n) is 11.5. The molecule has 0 aliphatic heterocycles. The molecule has 0 unspecified atom stereocenters. The third kappa shape index (κ3) is 7.27. The average Bonchev–Trinajstić information content (AvgIpc) is 2.85. The van der Waals surface area contributed by atoms with E-state index in [9.17, 15) is 4.79 Å². The Balaban J connectivity index is 1.59. The van der Waals surface area contributed by atoms with Crippen LogP contribution in [-0.4, -0.2) is 36.6 Å². The second-order valence-corrected chi connectivity index (χ2v) is 11.5. The molecule has 0 aromatic heterocycles. The van der Waals surface area contributed by atoms with Crippen molar-refractivity contribution in [2.45, 2.75) is 109 Å². The maximum Gasteiger partial charge on any atom is 0.306 e. The third-order valence-corrected chi connectivity index (χ3v) is 8.96. The molecular weight excluding hydrogens is 444 g/mol. The van der Waals surface area contributed by atoms with Gasteiger partial charge >= 0.3 is 5.97 Å². The Hall–Kier alpha value is -1.49. The summed E-state index contributed by atoms with van der Waals surface area (Å²) < 4.78 is 35.5. The minimum atomic E-state index is -0.438. The van der Waals surface area contributed by atoms with Crippen LogP contribution in [-0.2, 0) is 9.53 Å². The topological polar surface area (TPSA) is 29.5 Å². The summed E-state index contributed by atoms with van der Waals surface area (Å²) in [4.78, 5) is 14.9. The van der Waals surface area contributed by atoms with E-state index in [4.69, 9.17) is 4.74 Å². The fourth-order valence-corrected chi connectivity index (χ4v) is 7.24. The number of halogens is 2. The molecule has 3 aliphatic rings. The van der Waals surface area contributed by atoms with Crippen molar-refractivity contribution in [1.82, 2.24) is 4.90 Å². The third-order valence-electron chi connectivity index (χ3n) is 8.96. The fourth-order valence-electron chi connectivity index (χ4n) is 7.24. The van der Waals surface area contributed by atoms with Crippen molar-refractivity contribution < 1.29 is 18.3 Å². The van der Waals surface area contributed by atoms with Crippen molar-refractivity contribution >= 4 is 5.97 Å². The summed E-state index contributed by atoms with van der Waals surface area (Å²) in [7, 11) is 0. The molecule has 0 spiro atoms. The molecule has 0 radical (unpaired) electrons. The maximum absolute atomic E-state index is 15.1. The van der Waals surface area contributed by atoms with Crippen LogP contribution in [0.25, 0.3) is 0 Å². The van der Waals surface area contributed by atoms with Crippen molar-refractivity contribution in [1.29, 1.82) is 0 Å². The molecule has 0 heterocycles. The van der Waals surface area contributed by atoms with E-state index in [0.29, 0.717) is 31.3 Å². The van der Waals surface area contributed by atoms with Gasteiger partial charge in [-0.1, -0.05) is 44.6 Å². The van der Waals surface area contributed by atoms with Crippen LogP contribution in [0.1, 0.15) is 108 Å². The molecule has 3 saturated carbocycles. The lowest BCUT2D eigenvalue weighted by Gasteiger charge is -2.46. The first-order valence-electron chi connectivity index (χ1n) is 14.4. The van der Waals surface area contributed by atoms with Gasteiger partial charge in [-0.25, -0.2) is 8.78 Å². The number of rotatable bonds is 9. The Labute approximate surface area is 211 Å². The van der Waals surface area contributed by atoms with Gasteiger partial charge in [0.25, 0.3) is 0 Å². The van der Waals surface area contributed by atoms with Crippen LogP contribution in [0.2, 0.25) is 0 Å². The maximum atomic E-state index is 15.1. The van der Waals surface area contributed by atoms with Gasteiger partial charge in [0, 0.05) is 37.0 Å². The number of esters is 1. The lowest BCUT2D eigenvalue weighted by molar-refractivity contribution is -0.144. The Morgan fingerprint density at radius 2 is 1.43 bits per heavy atom. The van der Waals surface area contributed by atoms with Crippen molar-refractivity contribution in [2.75, 3.05) is 19.7 Å². The van der Waals surface area contributed by atoms with E-state index in [-0.39, 0.29) is 29.4 Å². The Morgan fingerprint density at radius 1 is 0.857 bits per heavy atom. The number of benzene rings is 1. The van der Waals surface area contributed by atoms with E-state index in [0.717, 1.165) is 25.9 Å². The molecule has 1 aromatic carbocycles. The number of carbonyl (C=O) groups excluding carboxylic acids is 1. The zero-order chi connectivity index (χ0) is 24.6. The number of hydrogen-bond acceptors (Lipinski definition) is 3. The first-order chi connectivity index (χ1) is 17.0. The lowest BCUT2D eigenvalue weighted by Crippen LogP contribution is -2.48. The van der Waals surface area contributed by atoms with Crippen LogP contribution >= 0.6 is 0 Å². The highest BCUT2D eigenvalue weighted by Gasteiger charge is 2.40. The molecule has 3 fully saturated rings. The molecule has 0 bridgehead atoms. The van der Waals surface area contributed by atoms with Gasteiger partial charge in [-0.2, -0.15) is 0 Å². The molecule has 35 heavy (non-hydrogen) atoms. The number of carbonyl (C=O) groups is 1. The number of ether oxygens (including phenoxy) is 1. The molecule has 1 aromatic rings. The van der Waals surface area contributed by atoms with E-state index in [1.54, 1.807) is 0 Å². The zero-order valence-corrected chi connectivity index (χ0v) is 21.7. The SMILES string of the molecule is CCOC(=O)C[C@@H]1CC[C@@H](N(CC2CCCCC2)CC2CCCCC2)[C@H](c2c(F)cccc2F)C1. The standard InChI is InChI=1S/C30H45F2NO2/c1-2-35-29(34)19-24-16-17-28(25(18-24)30-26(31)14-9-15-27(30)32)33(20-22-10-5-3-6-11-22)21-23-12-7-4-8-13-23/h9,14-15,22-25,28H,2-8,10-13,16-21H2,1H3/t24-,25-,28-/m1/s1. The van der Waals surface area contributed by atoms with Crippen LogP contribution in [0.15, 0.2) is 18.2 Å². The zero-order valence-electron chi connectivity index (χ0n) is 21.7. The predicted octanol–water partition coefficient (Wildman–Crippen LogP) is 7.63. The van der Waals surface area contributed by atoms with Gasteiger partial charge in [0.15, 0.2) is 0 Å². The van der Waals surface area contributed by atoms with Crippen molar-refractivity contribution in [3.05, 3.63) is 35.4 Å². The molecule has 3 nitrogen and oxygen atoms in total. The predicted molar refractivity (Wildman–Crippen MR) is 136 cm³/mol. The van der Waals surface area contributed by atoms with Crippen molar-refractivity contribution in [3.63, 3.8) is 0 Å². The molecule has 196 valence electrons. The van der Waals surface area contributed by atoms with Gasteiger partial charge in [-0.15, -0.1) is 0 Å². The van der Waals surface area contributed by atoms with Crippen molar-refractivity contribution in [3.8, 4) is 0 Å². The summed E-state index contributed by atoms with van der Waals surface area (Å²) >= 11 is 0. The second kappa shape index (κ2) is 13.2.